The first kappa shape index (κ1) is 14.8. The number of aromatic nitrogens is 2. The molecule has 0 saturated carbocycles. The smallest absolute Gasteiger partial charge is 0.317 e. The maximum Gasteiger partial charge on any atom is 0.317 e. The molecule has 0 radical (unpaired) electrons. The molecule has 2 fully saturated rings. The topological polar surface area (TPSA) is 50.2 Å². The normalized spacial score (nSPS) is 25.5. The number of hydrogen-bond acceptors (Lipinski definition) is 3. The fourth-order valence-corrected chi connectivity index (χ4v) is 4.43. The van der Waals surface area contributed by atoms with Crippen molar-refractivity contribution >= 4 is 17.8 Å². The third-order valence-electron chi connectivity index (χ3n) is 4.47. The van der Waals surface area contributed by atoms with Crippen LogP contribution < -0.4 is 5.32 Å². The Morgan fingerprint density at radius 1 is 1.48 bits per heavy atom. The molecule has 2 aliphatic rings. The highest BCUT2D eigenvalue weighted by Gasteiger charge is 2.29. The van der Waals surface area contributed by atoms with E-state index in [1.807, 2.05) is 36.0 Å². The van der Waals surface area contributed by atoms with Crippen LogP contribution in [0, 0.1) is 6.92 Å². The van der Waals surface area contributed by atoms with Gasteiger partial charge in [0, 0.05) is 37.3 Å². The lowest BCUT2D eigenvalue weighted by Crippen LogP contribution is -2.45. The molecule has 0 aliphatic carbocycles. The van der Waals surface area contributed by atoms with Gasteiger partial charge in [0.1, 0.15) is 5.82 Å². The van der Waals surface area contributed by atoms with E-state index in [9.17, 15) is 4.79 Å². The van der Waals surface area contributed by atoms with Crippen LogP contribution in [0.4, 0.5) is 4.79 Å². The van der Waals surface area contributed by atoms with Gasteiger partial charge < -0.3 is 14.8 Å². The number of rotatable bonds is 4. The Morgan fingerprint density at radius 2 is 2.38 bits per heavy atom. The average molecular weight is 308 g/mol. The van der Waals surface area contributed by atoms with Crippen LogP contribution in [0.15, 0.2) is 12.4 Å². The number of nitrogens with zero attached hydrogens (tertiary/aromatic N) is 3. The summed E-state index contributed by atoms with van der Waals surface area (Å²) < 4.78 is 2.14. The first-order valence-corrected chi connectivity index (χ1v) is 8.93. The predicted octanol–water partition coefficient (Wildman–Crippen LogP) is 2.26. The van der Waals surface area contributed by atoms with Crippen molar-refractivity contribution in [3.05, 3.63) is 18.2 Å². The second kappa shape index (κ2) is 6.73. The first-order chi connectivity index (χ1) is 10.2. The van der Waals surface area contributed by atoms with Crippen molar-refractivity contribution in [2.24, 2.45) is 0 Å². The van der Waals surface area contributed by atoms with Gasteiger partial charge in [-0.3, -0.25) is 0 Å². The van der Waals surface area contributed by atoms with Gasteiger partial charge in [-0.15, -0.1) is 0 Å². The van der Waals surface area contributed by atoms with Crippen molar-refractivity contribution in [2.45, 2.75) is 50.4 Å². The van der Waals surface area contributed by atoms with Gasteiger partial charge in [0.05, 0.1) is 6.04 Å². The van der Waals surface area contributed by atoms with Gasteiger partial charge in [-0.25, -0.2) is 9.78 Å². The molecule has 2 saturated heterocycles. The van der Waals surface area contributed by atoms with Crippen molar-refractivity contribution in [3.63, 3.8) is 0 Å². The number of thioether (sulfide) groups is 1. The molecule has 2 atom stereocenters. The molecule has 5 nitrogen and oxygen atoms in total. The molecule has 0 spiro atoms. The van der Waals surface area contributed by atoms with Crippen molar-refractivity contribution in [1.29, 1.82) is 0 Å². The molecule has 2 unspecified atom stereocenters. The summed E-state index contributed by atoms with van der Waals surface area (Å²) in [5.41, 5.74) is 0. The highest BCUT2D eigenvalue weighted by molar-refractivity contribution is 8.00. The second-order valence-electron chi connectivity index (χ2n) is 5.94. The molecule has 3 rings (SSSR count). The number of nitrogens with one attached hydrogen (secondary N) is 1. The number of hydrogen-bond donors (Lipinski definition) is 1. The highest BCUT2D eigenvalue weighted by Crippen LogP contribution is 2.25. The minimum atomic E-state index is 0.114. The molecule has 21 heavy (non-hydrogen) atoms. The largest absolute Gasteiger partial charge is 0.337 e. The van der Waals surface area contributed by atoms with Crippen molar-refractivity contribution in [2.75, 3.05) is 18.8 Å². The molecule has 2 amide bonds. The van der Waals surface area contributed by atoms with Crippen LogP contribution in [0.5, 0.6) is 0 Å². The summed E-state index contributed by atoms with van der Waals surface area (Å²) in [6, 6.07) is 0.414. The molecule has 1 N–H and O–H groups in total. The highest BCUT2D eigenvalue weighted by atomic mass is 32.2. The third-order valence-corrected chi connectivity index (χ3v) is 5.87. The summed E-state index contributed by atoms with van der Waals surface area (Å²) in [5, 5.41) is 3.75. The van der Waals surface area contributed by atoms with Gasteiger partial charge in [-0.05, 0) is 38.4 Å². The number of urea groups is 1. The molecule has 1 aromatic rings. The zero-order valence-electron chi connectivity index (χ0n) is 12.6. The molecular weight excluding hydrogens is 284 g/mol. The number of amides is 2. The fourth-order valence-electron chi connectivity index (χ4n) is 3.22. The van der Waals surface area contributed by atoms with E-state index < -0.39 is 0 Å². The van der Waals surface area contributed by atoms with E-state index in [4.69, 9.17) is 0 Å². The number of carbonyl (C=O) groups is 1. The van der Waals surface area contributed by atoms with Gasteiger partial charge in [0.15, 0.2) is 0 Å². The monoisotopic (exact) mass is 308 g/mol. The van der Waals surface area contributed by atoms with Crippen molar-refractivity contribution in [1.82, 2.24) is 19.8 Å². The van der Waals surface area contributed by atoms with Gasteiger partial charge in [0.2, 0.25) is 0 Å². The number of carbonyl (C=O) groups excluding carboxylic acids is 1. The van der Waals surface area contributed by atoms with Crippen molar-refractivity contribution in [3.8, 4) is 0 Å². The summed E-state index contributed by atoms with van der Waals surface area (Å²) in [6.45, 7) is 4.56. The summed E-state index contributed by atoms with van der Waals surface area (Å²) in [6.07, 6.45) is 8.54. The molecule has 2 aliphatic heterocycles. The second-order valence-corrected chi connectivity index (χ2v) is 7.35. The molecule has 0 bridgehead atoms. The lowest BCUT2D eigenvalue weighted by Gasteiger charge is -2.26. The Morgan fingerprint density at radius 3 is 3.10 bits per heavy atom. The van der Waals surface area contributed by atoms with Crippen molar-refractivity contribution < 1.29 is 4.79 Å². The number of likely N-dealkylation sites (tertiary alicyclic amines) is 1. The SMILES string of the molecule is Cc1nccn1CC1CCCN1C(=O)NCC1CCCS1. The van der Waals surface area contributed by atoms with E-state index in [0.717, 1.165) is 38.3 Å². The molecule has 1 aromatic heterocycles. The molecule has 0 aromatic carbocycles. The third kappa shape index (κ3) is 3.54. The standard InChI is InChI=1S/C15H24N4OS/c1-12-16-6-8-18(12)11-13-4-2-7-19(13)15(20)17-10-14-5-3-9-21-14/h6,8,13-14H,2-5,7,9-11H2,1H3,(H,17,20). The lowest BCUT2D eigenvalue weighted by atomic mass is 10.2. The van der Waals surface area contributed by atoms with E-state index in [1.165, 1.54) is 18.6 Å². The predicted molar refractivity (Wildman–Crippen MR) is 85.6 cm³/mol. The van der Waals surface area contributed by atoms with Crippen LogP contribution in [0.25, 0.3) is 0 Å². The summed E-state index contributed by atoms with van der Waals surface area (Å²) >= 11 is 1.99. The maximum atomic E-state index is 12.4. The van der Waals surface area contributed by atoms with Crippen LogP contribution in [-0.2, 0) is 6.54 Å². The van der Waals surface area contributed by atoms with Crippen LogP contribution in [0.2, 0.25) is 0 Å². The van der Waals surface area contributed by atoms with E-state index in [0.29, 0.717) is 11.3 Å². The van der Waals surface area contributed by atoms with Crippen LogP contribution in [0.1, 0.15) is 31.5 Å². The van der Waals surface area contributed by atoms with Crippen LogP contribution in [-0.4, -0.2) is 50.6 Å². The van der Waals surface area contributed by atoms with Gasteiger partial charge >= 0.3 is 6.03 Å². The lowest BCUT2D eigenvalue weighted by molar-refractivity contribution is 0.187. The number of imidazole rings is 1. The Labute approximate surface area is 130 Å². The zero-order valence-corrected chi connectivity index (χ0v) is 13.4. The Bertz CT molecular complexity index is 484. The van der Waals surface area contributed by atoms with Gasteiger partial charge in [-0.2, -0.15) is 11.8 Å². The zero-order chi connectivity index (χ0) is 14.7. The Balaban J connectivity index is 1.53. The van der Waals surface area contributed by atoms with E-state index in [1.54, 1.807) is 0 Å². The Hall–Kier alpha value is -1.17. The quantitative estimate of drug-likeness (QED) is 0.928. The van der Waals surface area contributed by atoms with E-state index >= 15 is 0 Å². The summed E-state index contributed by atoms with van der Waals surface area (Å²) in [5.74, 6) is 2.26. The first-order valence-electron chi connectivity index (χ1n) is 7.88. The molecular formula is C15H24N4OS. The molecule has 3 heterocycles. The fraction of sp³-hybridized carbons (Fsp3) is 0.733. The molecule has 6 heteroatoms. The minimum absolute atomic E-state index is 0.114. The Kier molecular flexibility index (Phi) is 4.73. The van der Waals surface area contributed by atoms with E-state index in [-0.39, 0.29) is 6.03 Å². The van der Waals surface area contributed by atoms with Crippen LogP contribution >= 0.6 is 11.8 Å². The average Bonchev–Trinajstić information content (AvgIpc) is 3.20. The summed E-state index contributed by atoms with van der Waals surface area (Å²) in [4.78, 5) is 18.7. The minimum Gasteiger partial charge on any atom is -0.337 e. The van der Waals surface area contributed by atoms with Gasteiger partial charge in [-0.1, -0.05) is 0 Å². The number of aryl methyl sites for hydroxylation is 1. The maximum absolute atomic E-state index is 12.4. The van der Waals surface area contributed by atoms with Gasteiger partial charge in [0.25, 0.3) is 0 Å². The van der Waals surface area contributed by atoms with Crippen LogP contribution in [0.3, 0.4) is 0 Å². The molecule has 116 valence electrons. The summed E-state index contributed by atoms with van der Waals surface area (Å²) in [7, 11) is 0. The van der Waals surface area contributed by atoms with E-state index in [2.05, 4.69) is 14.9 Å².